The fourth-order valence-corrected chi connectivity index (χ4v) is 5.07. The number of hydrogen-bond acceptors (Lipinski definition) is 6. The van der Waals surface area contributed by atoms with Gasteiger partial charge in [0.15, 0.2) is 5.65 Å². The van der Waals surface area contributed by atoms with Gasteiger partial charge in [-0.3, -0.25) is 14.3 Å². The first kappa shape index (κ1) is 26.6. The van der Waals surface area contributed by atoms with Gasteiger partial charge in [-0.05, 0) is 50.3 Å². The SMILES string of the molecule is C=CC(=O)N1CCN([C@@H](CC(C)C)c2ccc([C@H](C)Nc3ncc4[nH]c(=O)n(C(C)C)c4n3)cc2)CC1. The Labute approximate surface area is 218 Å². The zero-order chi connectivity index (χ0) is 26.7. The van der Waals surface area contributed by atoms with E-state index >= 15 is 0 Å². The topological polar surface area (TPSA) is 99.2 Å². The molecule has 1 fully saturated rings. The summed E-state index contributed by atoms with van der Waals surface area (Å²) >= 11 is 0. The van der Waals surface area contributed by atoms with Crippen LogP contribution in [0, 0.1) is 5.92 Å². The molecule has 4 rings (SSSR count). The van der Waals surface area contributed by atoms with Crippen molar-refractivity contribution in [2.45, 2.75) is 59.2 Å². The molecule has 3 aromatic rings. The largest absolute Gasteiger partial charge is 0.348 e. The number of piperazine rings is 1. The van der Waals surface area contributed by atoms with E-state index in [-0.39, 0.29) is 23.7 Å². The van der Waals surface area contributed by atoms with Crippen molar-refractivity contribution in [1.82, 2.24) is 29.3 Å². The summed E-state index contributed by atoms with van der Waals surface area (Å²) in [5.41, 5.74) is 3.48. The second-order valence-electron chi connectivity index (χ2n) is 10.6. The van der Waals surface area contributed by atoms with E-state index in [2.05, 4.69) is 76.8 Å². The van der Waals surface area contributed by atoms with E-state index in [1.807, 2.05) is 18.7 Å². The third-order valence-electron chi connectivity index (χ3n) is 7.08. The molecule has 1 aromatic carbocycles. The van der Waals surface area contributed by atoms with Gasteiger partial charge in [-0.25, -0.2) is 9.78 Å². The fraction of sp³-hybridized carbons (Fsp3) is 0.500. The Balaban J connectivity index is 1.48. The molecule has 0 aliphatic carbocycles. The minimum absolute atomic E-state index is 0.00166. The lowest BCUT2D eigenvalue weighted by Gasteiger charge is -2.40. The molecule has 37 heavy (non-hydrogen) atoms. The zero-order valence-corrected chi connectivity index (χ0v) is 22.6. The minimum Gasteiger partial charge on any atom is -0.348 e. The molecule has 0 saturated carbocycles. The van der Waals surface area contributed by atoms with Crippen LogP contribution in [0.25, 0.3) is 11.2 Å². The zero-order valence-electron chi connectivity index (χ0n) is 22.6. The lowest BCUT2D eigenvalue weighted by atomic mass is 9.93. The van der Waals surface area contributed by atoms with Crippen LogP contribution in [0.3, 0.4) is 0 Å². The molecule has 0 bridgehead atoms. The van der Waals surface area contributed by atoms with Gasteiger partial charge in [-0.2, -0.15) is 4.98 Å². The molecule has 2 aromatic heterocycles. The highest BCUT2D eigenvalue weighted by atomic mass is 16.2. The van der Waals surface area contributed by atoms with Crippen LogP contribution < -0.4 is 11.0 Å². The third-order valence-corrected chi connectivity index (χ3v) is 7.08. The number of nitrogens with zero attached hydrogens (tertiary/aromatic N) is 5. The van der Waals surface area contributed by atoms with Crippen molar-refractivity contribution < 1.29 is 4.79 Å². The van der Waals surface area contributed by atoms with Gasteiger partial charge >= 0.3 is 5.69 Å². The van der Waals surface area contributed by atoms with Crippen LogP contribution in [0.2, 0.25) is 0 Å². The van der Waals surface area contributed by atoms with Gasteiger partial charge in [0.1, 0.15) is 5.52 Å². The van der Waals surface area contributed by atoms with Crippen LogP contribution in [0.1, 0.15) is 70.3 Å². The number of amides is 1. The Bertz CT molecular complexity index is 1280. The van der Waals surface area contributed by atoms with Crippen LogP contribution >= 0.6 is 0 Å². The molecule has 1 amide bonds. The molecule has 0 radical (unpaired) electrons. The van der Waals surface area contributed by atoms with Crippen molar-refractivity contribution in [3.63, 3.8) is 0 Å². The number of anilines is 1. The number of aromatic nitrogens is 4. The molecule has 3 heterocycles. The predicted octanol–water partition coefficient (Wildman–Crippen LogP) is 4.29. The van der Waals surface area contributed by atoms with E-state index in [0.717, 1.165) is 38.2 Å². The van der Waals surface area contributed by atoms with Crippen LogP contribution in [0.15, 0.2) is 47.9 Å². The quantitative estimate of drug-likeness (QED) is 0.421. The first-order valence-electron chi connectivity index (χ1n) is 13.2. The number of imidazole rings is 1. The molecular weight excluding hydrogens is 466 g/mol. The molecule has 2 N–H and O–H groups in total. The highest BCUT2D eigenvalue weighted by Crippen LogP contribution is 2.30. The third kappa shape index (κ3) is 5.93. The summed E-state index contributed by atoms with van der Waals surface area (Å²) in [4.78, 5) is 40.5. The number of benzene rings is 1. The molecule has 9 heteroatoms. The molecule has 0 unspecified atom stereocenters. The number of rotatable bonds is 9. The predicted molar refractivity (Wildman–Crippen MR) is 148 cm³/mol. The number of fused-ring (bicyclic) bond motifs is 1. The maximum atomic E-state index is 12.3. The maximum Gasteiger partial charge on any atom is 0.327 e. The van der Waals surface area contributed by atoms with Crippen LogP contribution in [0.4, 0.5) is 5.95 Å². The number of hydrogen-bond donors (Lipinski definition) is 2. The molecule has 0 spiro atoms. The standard InChI is InChI=1S/C28H39N7O2/c1-7-25(36)34-14-12-33(13-15-34)24(16-18(2)3)22-10-8-21(9-11-22)20(6)30-27-29-17-23-26(32-27)35(19(4)5)28(37)31-23/h7-11,17-20,24H,1,12-16H2,2-6H3,(H,31,37)(H,29,30,32)/t20-,24-/m0/s1. The highest BCUT2D eigenvalue weighted by Gasteiger charge is 2.27. The summed E-state index contributed by atoms with van der Waals surface area (Å²) in [6.07, 6.45) is 4.12. The van der Waals surface area contributed by atoms with E-state index in [1.165, 1.54) is 11.6 Å². The number of H-pyrrole nitrogens is 1. The highest BCUT2D eigenvalue weighted by molar-refractivity contribution is 5.87. The first-order chi connectivity index (χ1) is 17.7. The second-order valence-corrected chi connectivity index (χ2v) is 10.6. The molecule has 1 aliphatic rings. The Kier molecular flexibility index (Phi) is 8.12. The van der Waals surface area contributed by atoms with Gasteiger partial charge in [-0.1, -0.05) is 44.7 Å². The van der Waals surface area contributed by atoms with Crippen LogP contribution in [-0.4, -0.2) is 61.4 Å². The Morgan fingerprint density at radius 1 is 1.08 bits per heavy atom. The number of carbonyl (C=O) groups excluding carboxylic acids is 1. The Morgan fingerprint density at radius 3 is 2.32 bits per heavy atom. The Morgan fingerprint density at radius 2 is 1.73 bits per heavy atom. The Hall–Kier alpha value is -3.46. The van der Waals surface area contributed by atoms with Crippen LogP contribution in [0.5, 0.6) is 0 Å². The molecule has 1 saturated heterocycles. The summed E-state index contributed by atoms with van der Waals surface area (Å²) in [5, 5.41) is 3.38. The smallest absolute Gasteiger partial charge is 0.327 e. The van der Waals surface area contributed by atoms with E-state index in [0.29, 0.717) is 29.1 Å². The normalized spacial score (nSPS) is 16.4. The van der Waals surface area contributed by atoms with Crippen molar-refractivity contribution in [2.75, 3.05) is 31.5 Å². The number of aromatic amines is 1. The lowest BCUT2D eigenvalue weighted by molar-refractivity contribution is -0.128. The van der Waals surface area contributed by atoms with E-state index in [1.54, 1.807) is 10.8 Å². The molecule has 2 atom stereocenters. The van der Waals surface area contributed by atoms with Gasteiger partial charge in [0.25, 0.3) is 0 Å². The van der Waals surface area contributed by atoms with E-state index < -0.39 is 0 Å². The van der Waals surface area contributed by atoms with E-state index in [4.69, 9.17) is 0 Å². The lowest BCUT2D eigenvalue weighted by Crippen LogP contribution is -2.49. The average Bonchev–Trinajstić information content (AvgIpc) is 3.22. The monoisotopic (exact) mass is 505 g/mol. The summed E-state index contributed by atoms with van der Waals surface area (Å²) in [7, 11) is 0. The van der Waals surface area contributed by atoms with Crippen molar-refractivity contribution in [2.24, 2.45) is 5.92 Å². The average molecular weight is 506 g/mol. The van der Waals surface area contributed by atoms with E-state index in [9.17, 15) is 9.59 Å². The van der Waals surface area contributed by atoms with Gasteiger partial charge in [-0.15, -0.1) is 0 Å². The fourth-order valence-electron chi connectivity index (χ4n) is 5.07. The molecule has 198 valence electrons. The van der Waals surface area contributed by atoms with Gasteiger partial charge < -0.3 is 15.2 Å². The number of nitrogens with one attached hydrogen (secondary N) is 2. The van der Waals surface area contributed by atoms with Gasteiger partial charge in [0.05, 0.1) is 12.2 Å². The first-order valence-corrected chi connectivity index (χ1v) is 13.2. The molecular formula is C28H39N7O2. The van der Waals surface area contributed by atoms with Crippen molar-refractivity contribution >= 4 is 23.0 Å². The molecule has 1 aliphatic heterocycles. The second kappa shape index (κ2) is 11.3. The van der Waals surface area contributed by atoms with Crippen LogP contribution in [-0.2, 0) is 4.79 Å². The number of carbonyl (C=O) groups is 1. The summed E-state index contributed by atoms with van der Waals surface area (Å²) < 4.78 is 1.64. The summed E-state index contributed by atoms with van der Waals surface area (Å²) in [6.45, 7) is 17.3. The maximum absolute atomic E-state index is 12.3. The van der Waals surface area contributed by atoms with Gasteiger partial charge in [0.2, 0.25) is 11.9 Å². The summed E-state index contributed by atoms with van der Waals surface area (Å²) in [6, 6.07) is 9.06. The van der Waals surface area contributed by atoms with Crippen molar-refractivity contribution in [3.05, 3.63) is 64.7 Å². The van der Waals surface area contributed by atoms with Crippen molar-refractivity contribution in [1.29, 1.82) is 0 Å². The molecule has 9 nitrogen and oxygen atoms in total. The van der Waals surface area contributed by atoms with Crippen molar-refractivity contribution in [3.8, 4) is 0 Å². The summed E-state index contributed by atoms with van der Waals surface area (Å²) in [5.74, 6) is 1.06. The minimum atomic E-state index is -0.176. The van der Waals surface area contributed by atoms with Gasteiger partial charge in [0, 0.05) is 38.3 Å².